The fourth-order valence-corrected chi connectivity index (χ4v) is 9.55. The van der Waals surface area contributed by atoms with E-state index in [2.05, 4.69) is 33.5 Å². The number of benzene rings is 2. The van der Waals surface area contributed by atoms with Gasteiger partial charge in [0.1, 0.15) is 11.5 Å². The van der Waals surface area contributed by atoms with Crippen LogP contribution in [0.1, 0.15) is 66.9 Å². The minimum Gasteiger partial charge on any atom is -0.490 e. The Kier molecular flexibility index (Phi) is 9.60. The molecule has 2 bridgehead atoms. The van der Waals surface area contributed by atoms with Crippen LogP contribution in [0.2, 0.25) is 5.02 Å². The van der Waals surface area contributed by atoms with Crippen molar-refractivity contribution in [2.45, 2.75) is 63.4 Å². The summed E-state index contributed by atoms with van der Waals surface area (Å²) in [4.78, 5) is 28.4. The van der Waals surface area contributed by atoms with Crippen LogP contribution >= 0.6 is 11.6 Å². The summed E-state index contributed by atoms with van der Waals surface area (Å²) in [5.41, 5.74) is 3.49. The van der Waals surface area contributed by atoms with Crippen molar-refractivity contribution in [2.75, 3.05) is 49.8 Å². The third kappa shape index (κ3) is 6.81. The normalized spacial score (nSPS) is 30.5. The summed E-state index contributed by atoms with van der Waals surface area (Å²) in [6, 6.07) is 11.6. The second-order valence-electron chi connectivity index (χ2n) is 12.9. The van der Waals surface area contributed by atoms with Gasteiger partial charge in [-0.1, -0.05) is 29.8 Å². The van der Waals surface area contributed by atoms with Gasteiger partial charge < -0.3 is 19.1 Å². The first-order valence-corrected chi connectivity index (χ1v) is 18.4. The summed E-state index contributed by atoms with van der Waals surface area (Å²) in [5, 5.41) is 0.746. The topological polar surface area (TPSA) is 94.5 Å². The molecule has 10 heteroatoms. The van der Waals surface area contributed by atoms with E-state index in [1.54, 1.807) is 20.1 Å². The Bertz CT molecular complexity index is 1600. The van der Waals surface area contributed by atoms with Gasteiger partial charge >= 0.3 is 5.97 Å². The Labute approximate surface area is 271 Å². The Morgan fingerprint density at radius 3 is 2.84 bits per heavy atom. The van der Waals surface area contributed by atoms with Crippen LogP contribution in [-0.4, -0.2) is 67.1 Å². The van der Waals surface area contributed by atoms with Gasteiger partial charge in [0.25, 0.3) is 5.91 Å². The Morgan fingerprint density at radius 2 is 2.07 bits per heavy atom. The van der Waals surface area contributed by atoms with E-state index in [1.165, 1.54) is 11.1 Å². The van der Waals surface area contributed by atoms with Crippen LogP contribution in [0.4, 0.5) is 5.69 Å². The lowest BCUT2D eigenvalue weighted by molar-refractivity contribution is -0.139. The van der Waals surface area contributed by atoms with E-state index in [0.717, 1.165) is 61.7 Å². The van der Waals surface area contributed by atoms with Gasteiger partial charge in [-0.25, -0.2) is 4.21 Å². The van der Waals surface area contributed by atoms with Gasteiger partial charge in [0.05, 0.1) is 34.7 Å². The number of fused-ring (bicyclic) bond motifs is 4. The molecular formula is C35H43ClN2O6S. The van der Waals surface area contributed by atoms with Gasteiger partial charge in [-0.3, -0.25) is 9.59 Å². The summed E-state index contributed by atoms with van der Waals surface area (Å²) in [6.45, 7) is 3.93. The molecule has 1 saturated carbocycles. The van der Waals surface area contributed by atoms with Gasteiger partial charge in [0.2, 0.25) is 0 Å². The molecule has 2 aliphatic carbocycles. The maximum Gasteiger partial charge on any atom is 0.319 e. The van der Waals surface area contributed by atoms with E-state index in [9.17, 15) is 13.8 Å². The smallest absolute Gasteiger partial charge is 0.319 e. The van der Waals surface area contributed by atoms with Crippen LogP contribution in [0, 0.1) is 11.8 Å². The van der Waals surface area contributed by atoms with Gasteiger partial charge in [0.15, 0.2) is 0 Å². The molecule has 8 nitrogen and oxygen atoms in total. The van der Waals surface area contributed by atoms with Gasteiger partial charge in [-0.15, -0.1) is 0 Å². The summed E-state index contributed by atoms with van der Waals surface area (Å²) in [7, 11) is -1.42. The maximum atomic E-state index is 13.9. The quantitative estimate of drug-likeness (QED) is 0.279. The summed E-state index contributed by atoms with van der Waals surface area (Å²) >= 11 is 6.42. The molecule has 1 fully saturated rings. The molecule has 0 N–H and O–H groups in total. The number of hydrogen-bond donors (Lipinski definition) is 0. The lowest BCUT2D eigenvalue weighted by atomic mass is 9.68. The van der Waals surface area contributed by atoms with Crippen LogP contribution < -0.4 is 9.64 Å². The summed E-state index contributed by atoms with van der Waals surface area (Å²) in [5.74, 6) is 0.0126. The third-order valence-corrected chi connectivity index (χ3v) is 12.3. The highest BCUT2D eigenvalue weighted by Crippen LogP contribution is 2.47. The van der Waals surface area contributed by atoms with Crippen LogP contribution in [0.15, 0.2) is 52.9 Å². The van der Waals surface area contributed by atoms with Gasteiger partial charge in [-0.05, 0) is 105 Å². The third-order valence-electron chi connectivity index (χ3n) is 9.97. The van der Waals surface area contributed by atoms with Crippen molar-refractivity contribution in [2.24, 2.45) is 16.2 Å². The zero-order valence-electron chi connectivity index (χ0n) is 26.2. The Morgan fingerprint density at radius 1 is 1.20 bits per heavy atom. The van der Waals surface area contributed by atoms with Crippen molar-refractivity contribution in [1.82, 2.24) is 0 Å². The fourth-order valence-electron chi connectivity index (χ4n) is 7.58. The zero-order valence-corrected chi connectivity index (χ0v) is 27.7. The SMILES string of the molecule is CCOC(=O)C[S@@]1(=O)=NC(=O)c2ccc3c(c2)N(C[C@@H]2CC[C@H]2[C@@H](OC)/C=C/CCC1)C[C@@]1(CCCc2cc(Cl)ccc21)CO3. The van der Waals surface area contributed by atoms with E-state index in [0.29, 0.717) is 36.8 Å². The molecule has 1 amide bonds. The summed E-state index contributed by atoms with van der Waals surface area (Å²) < 4.78 is 35.8. The van der Waals surface area contributed by atoms with E-state index < -0.39 is 27.4 Å². The highest BCUT2D eigenvalue weighted by Gasteiger charge is 2.44. The highest BCUT2D eigenvalue weighted by molar-refractivity contribution is 7.94. The molecule has 0 radical (unpaired) electrons. The van der Waals surface area contributed by atoms with Crippen molar-refractivity contribution in [3.63, 3.8) is 0 Å². The molecule has 242 valence electrons. The average Bonchev–Trinajstić information content (AvgIpc) is 3.14. The largest absolute Gasteiger partial charge is 0.490 e. The first-order valence-electron chi connectivity index (χ1n) is 16.2. The van der Waals surface area contributed by atoms with Crippen LogP contribution in [0.3, 0.4) is 0 Å². The lowest BCUT2D eigenvalue weighted by Crippen LogP contribution is -2.49. The minimum atomic E-state index is -3.19. The Balaban J connectivity index is 1.43. The molecular weight excluding hydrogens is 612 g/mol. The minimum absolute atomic E-state index is 0.0210. The fraction of sp³-hybridized carbons (Fsp3) is 0.543. The van der Waals surface area contributed by atoms with Crippen LogP contribution in [-0.2, 0) is 35.8 Å². The van der Waals surface area contributed by atoms with Crippen molar-refractivity contribution >= 4 is 38.9 Å². The molecule has 5 atom stereocenters. The molecule has 0 aromatic heterocycles. The molecule has 2 aromatic rings. The van der Waals surface area contributed by atoms with Crippen molar-refractivity contribution in [3.05, 3.63) is 70.3 Å². The number of carbonyl (C=O) groups is 2. The second kappa shape index (κ2) is 13.5. The van der Waals surface area contributed by atoms with E-state index in [1.807, 2.05) is 18.2 Å². The number of ether oxygens (including phenoxy) is 3. The maximum absolute atomic E-state index is 13.9. The molecule has 1 spiro atoms. The van der Waals surface area contributed by atoms with Crippen molar-refractivity contribution < 1.29 is 28.0 Å². The van der Waals surface area contributed by atoms with E-state index in [4.69, 9.17) is 25.8 Å². The Hall–Kier alpha value is -2.88. The number of allylic oxidation sites excluding steroid dienone is 1. The number of carbonyl (C=O) groups excluding carboxylic acids is 2. The first-order chi connectivity index (χ1) is 21.7. The summed E-state index contributed by atoms with van der Waals surface area (Å²) in [6.07, 6.45) is 10.6. The monoisotopic (exact) mass is 654 g/mol. The number of halogens is 1. The molecule has 2 heterocycles. The van der Waals surface area contributed by atoms with Crippen molar-refractivity contribution in [3.8, 4) is 5.75 Å². The first kappa shape index (κ1) is 32.1. The number of nitrogens with zero attached hydrogens (tertiary/aromatic N) is 2. The number of methoxy groups -OCH3 is 1. The molecule has 2 aromatic carbocycles. The number of amides is 1. The predicted molar refractivity (Wildman–Crippen MR) is 177 cm³/mol. The predicted octanol–water partition coefficient (Wildman–Crippen LogP) is 6.38. The van der Waals surface area contributed by atoms with Crippen LogP contribution in [0.25, 0.3) is 0 Å². The highest BCUT2D eigenvalue weighted by atomic mass is 35.5. The van der Waals surface area contributed by atoms with Gasteiger partial charge in [0, 0.05) is 42.0 Å². The number of aryl methyl sites for hydroxylation is 1. The molecule has 0 unspecified atom stereocenters. The zero-order chi connectivity index (χ0) is 31.6. The average molecular weight is 655 g/mol. The second-order valence-corrected chi connectivity index (χ2v) is 15.7. The standard InChI is InChI=1S/C35H43ClN2O6S/c1-3-43-33(39)21-45(41)17-6-4-5-9-31(42-2)28-13-10-26(28)20-38-22-35(16-7-8-24-18-27(36)12-14-29(24)35)23-44-32-15-11-25(19-30(32)38)34(40)37-45/h5,9,11-12,14-15,18-19,26,28,31H,3-4,6-8,10,13,16-17,20-23H2,1-2H3/b9-5+/t26-,28+,31-,35-,45+/m0/s1. The van der Waals surface area contributed by atoms with E-state index in [-0.39, 0.29) is 23.9 Å². The molecule has 45 heavy (non-hydrogen) atoms. The number of anilines is 1. The number of esters is 1. The number of hydrogen-bond acceptors (Lipinski definition) is 7. The molecule has 2 aliphatic heterocycles. The lowest BCUT2D eigenvalue weighted by Gasteiger charge is -2.46. The molecule has 4 aliphatic rings. The van der Waals surface area contributed by atoms with Crippen molar-refractivity contribution in [1.29, 1.82) is 0 Å². The van der Waals surface area contributed by atoms with Crippen LogP contribution in [0.5, 0.6) is 5.75 Å². The van der Waals surface area contributed by atoms with E-state index >= 15 is 0 Å². The molecule has 0 saturated heterocycles. The molecule has 6 rings (SSSR count). The van der Waals surface area contributed by atoms with Gasteiger partial charge in [-0.2, -0.15) is 4.36 Å². The number of rotatable bonds is 4.